The first-order valence-corrected chi connectivity index (χ1v) is 8.47. The number of benzene rings is 1. The lowest BCUT2D eigenvalue weighted by molar-refractivity contribution is 0.00578. The summed E-state index contributed by atoms with van der Waals surface area (Å²) in [6.45, 7) is 8.07. The minimum absolute atomic E-state index is 0.0206. The fraction of sp³-hybridized carbons (Fsp3) is 0.611. The van der Waals surface area contributed by atoms with Gasteiger partial charge in [-0.1, -0.05) is 6.07 Å². The maximum absolute atomic E-state index is 12.8. The summed E-state index contributed by atoms with van der Waals surface area (Å²) >= 11 is 0. The van der Waals surface area contributed by atoms with Crippen LogP contribution in [-0.2, 0) is 9.31 Å². The summed E-state index contributed by atoms with van der Waals surface area (Å²) in [7, 11) is 2.94. The number of carbonyl (C=O) groups is 1. The predicted octanol–water partition coefficient (Wildman–Crippen LogP) is 2.23. The Kier molecular flexibility index (Phi) is 4.17. The molecule has 1 saturated carbocycles. The molecule has 0 unspecified atom stereocenters. The molecule has 1 heterocycles. The van der Waals surface area contributed by atoms with Gasteiger partial charge in [0.1, 0.15) is 5.75 Å². The summed E-state index contributed by atoms with van der Waals surface area (Å²) in [5.74, 6) is 0.556. The Morgan fingerprint density at radius 1 is 1.21 bits per heavy atom. The minimum atomic E-state index is -0.487. The van der Waals surface area contributed by atoms with Gasteiger partial charge >= 0.3 is 7.12 Å². The molecule has 5 nitrogen and oxygen atoms in total. The normalized spacial score (nSPS) is 21.7. The van der Waals surface area contributed by atoms with Crippen molar-refractivity contribution in [2.24, 2.45) is 0 Å². The summed E-state index contributed by atoms with van der Waals surface area (Å²) in [6, 6.07) is 5.90. The second kappa shape index (κ2) is 5.78. The standard InChI is InChI=1S/C18H26BNO4/c1-17(2)18(3,4)24-19(23-17)12-7-10-15(22-6)14(11-12)16(21)20(5)13-8-9-13/h7,10-11,13H,8-9H2,1-6H3. The molecular formula is C18H26BNO4. The Hall–Kier alpha value is -1.53. The number of carbonyl (C=O) groups excluding carboxylic acids is 1. The molecule has 130 valence electrons. The van der Waals surface area contributed by atoms with Gasteiger partial charge < -0.3 is 18.9 Å². The van der Waals surface area contributed by atoms with Crippen molar-refractivity contribution in [1.29, 1.82) is 0 Å². The van der Waals surface area contributed by atoms with Crippen molar-refractivity contribution in [3.63, 3.8) is 0 Å². The fourth-order valence-electron chi connectivity index (χ4n) is 2.84. The van der Waals surface area contributed by atoms with Crippen LogP contribution < -0.4 is 10.2 Å². The number of hydrogen-bond acceptors (Lipinski definition) is 4. The highest BCUT2D eigenvalue weighted by molar-refractivity contribution is 6.62. The number of methoxy groups -OCH3 is 1. The van der Waals surface area contributed by atoms with Gasteiger partial charge in [0.05, 0.1) is 23.9 Å². The van der Waals surface area contributed by atoms with Gasteiger partial charge in [-0.25, -0.2) is 0 Å². The first kappa shape index (κ1) is 17.3. The van der Waals surface area contributed by atoms with Gasteiger partial charge in [0.2, 0.25) is 0 Å². The van der Waals surface area contributed by atoms with Crippen LogP contribution >= 0.6 is 0 Å². The molecule has 6 heteroatoms. The van der Waals surface area contributed by atoms with Crippen LogP contribution in [0.2, 0.25) is 0 Å². The third-order valence-corrected chi connectivity index (χ3v) is 5.39. The molecule has 1 aromatic carbocycles. The molecule has 24 heavy (non-hydrogen) atoms. The van der Waals surface area contributed by atoms with Crippen molar-refractivity contribution in [2.45, 2.75) is 57.8 Å². The van der Waals surface area contributed by atoms with Crippen LogP contribution in [0.4, 0.5) is 0 Å². The third-order valence-electron chi connectivity index (χ3n) is 5.39. The van der Waals surface area contributed by atoms with Gasteiger partial charge in [-0.3, -0.25) is 4.79 Å². The van der Waals surface area contributed by atoms with E-state index in [9.17, 15) is 4.79 Å². The van der Waals surface area contributed by atoms with E-state index in [1.54, 1.807) is 12.0 Å². The maximum Gasteiger partial charge on any atom is 0.494 e. The summed E-state index contributed by atoms with van der Waals surface area (Å²) in [5, 5.41) is 0. The molecule has 0 N–H and O–H groups in total. The van der Waals surface area contributed by atoms with E-state index in [0.717, 1.165) is 18.3 Å². The van der Waals surface area contributed by atoms with E-state index in [0.29, 0.717) is 17.4 Å². The van der Waals surface area contributed by atoms with Crippen molar-refractivity contribution < 1.29 is 18.8 Å². The Morgan fingerprint density at radius 3 is 2.29 bits per heavy atom. The molecular weight excluding hydrogens is 305 g/mol. The van der Waals surface area contributed by atoms with Gasteiger partial charge in [-0.05, 0) is 58.1 Å². The lowest BCUT2D eigenvalue weighted by atomic mass is 9.78. The topological polar surface area (TPSA) is 48.0 Å². The van der Waals surface area contributed by atoms with E-state index in [2.05, 4.69) is 0 Å². The highest BCUT2D eigenvalue weighted by Gasteiger charge is 2.51. The van der Waals surface area contributed by atoms with Crippen LogP contribution in [0.25, 0.3) is 0 Å². The Labute approximate surface area is 144 Å². The quantitative estimate of drug-likeness (QED) is 0.794. The van der Waals surface area contributed by atoms with Crippen LogP contribution in [0, 0.1) is 0 Å². The Bertz CT molecular complexity index is 638. The lowest BCUT2D eigenvalue weighted by Gasteiger charge is -2.32. The average molecular weight is 331 g/mol. The zero-order valence-electron chi connectivity index (χ0n) is 15.4. The second-order valence-corrected chi connectivity index (χ2v) is 7.70. The van der Waals surface area contributed by atoms with Gasteiger partial charge in [0.15, 0.2) is 0 Å². The van der Waals surface area contributed by atoms with Gasteiger partial charge in [-0.2, -0.15) is 0 Å². The number of hydrogen-bond donors (Lipinski definition) is 0. The molecule has 0 radical (unpaired) electrons. The zero-order chi connectivity index (χ0) is 17.7. The van der Waals surface area contributed by atoms with Gasteiger partial charge in [0.25, 0.3) is 5.91 Å². The molecule has 0 atom stereocenters. The van der Waals surface area contributed by atoms with E-state index in [-0.39, 0.29) is 5.91 Å². The van der Waals surface area contributed by atoms with Crippen molar-refractivity contribution in [1.82, 2.24) is 4.90 Å². The molecule has 1 aromatic rings. The first-order valence-electron chi connectivity index (χ1n) is 8.47. The van der Waals surface area contributed by atoms with Crippen molar-refractivity contribution >= 4 is 18.5 Å². The Morgan fingerprint density at radius 2 is 1.79 bits per heavy atom. The summed E-state index contributed by atoms with van der Waals surface area (Å²) in [5.41, 5.74) is 0.570. The highest BCUT2D eigenvalue weighted by Crippen LogP contribution is 2.37. The number of nitrogens with zero attached hydrogens (tertiary/aromatic N) is 1. The van der Waals surface area contributed by atoms with E-state index >= 15 is 0 Å². The molecule has 0 bridgehead atoms. The van der Waals surface area contributed by atoms with E-state index in [1.807, 2.05) is 52.9 Å². The van der Waals surface area contributed by atoms with Crippen LogP contribution in [0.1, 0.15) is 50.9 Å². The monoisotopic (exact) mass is 331 g/mol. The SMILES string of the molecule is COc1ccc(B2OC(C)(C)C(C)(C)O2)cc1C(=O)N(C)C1CC1. The smallest absolute Gasteiger partial charge is 0.494 e. The van der Waals surface area contributed by atoms with E-state index in [4.69, 9.17) is 14.0 Å². The van der Waals surface area contributed by atoms with Crippen LogP contribution in [0.3, 0.4) is 0 Å². The molecule has 2 fully saturated rings. The molecule has 1 aliphatic carbocycles. The van der Waals surface area contributed by atoms with Gasteiger partial charge in [0, 0.05) is 13.1 Å². The number of amides is 1. The van der Waals surface area contributed by atoms with Crippen LogP contribution in [-0.4, -0.2) is 49.3 Å². The van der Waals surface area contributed by atoms with Crippen LogP contribution in [0.5, 0.6) is 5.75 Å². The van der Waals surface area contributed by atoms with Gasteiger partial charge in [-0.15, -0.1) is 0 Å². The predicted molar refractivity (Wildman–Crippen MR) is 93.8 cm³/mol. The minimum Gasteiger partial charge on any atom is -0.496 e. The molecule has 1 amide bonds. The van der Waals surface area contributed by atoms with E-state index < -0.39 is 18.3 Å². The molecule has 0 aromatic heterocycles. The molecule has 3 rings (SSSR count). The summed E-state index contributed by atoms with van der Waals surface area (Å²) in [4.78, 5) is 14.6. The van der Waals surface area contributed by atoms with E-state index in [1.165, 1.54) is 0 Å². The largest absolute Gasteiger partial charge is 0.496 e. The lowest BCUT2D eigenvalue weighted by Crippen LogP contribution is -2.41. The summed E-state index contributed by atoms with van der Waals surface area (Å²) < 4.78 is 17.6. The number of rotatable bonds is 4. The molecule has 0 spiro atoms. The molecule has 2 aliphatic rings. The third kappa shape index (κ3) is 2.93. The number of ether oxygens (including phenoxy) is 1. The Balaban J connectivity index is 1.91. The van der Waals surface area contributed by atoms with Crippen LogP contribution in [0.15, 0.2) is 18.2 Å². The zero-order valence-corrected chi connectivity index (χ0v) is 15.4. The van der Waals surface area contributed by atoms with Crippen molar-refractivity contribution in [3.8, 4) is 5.75 Å². The van der Waals surface area contributed by atoms with Crippen molar-refractivity contribution in [3.05, 3.63) is 23.8 Å². The highest BCUT2D eigenvalue weighted by atomic mass is 16.7. The average Bonchev–Trinajstić information content (AvgIpc) is 3.33. The molecule has 1 saturated heterocycles. The van der Waals surface area contributed by atoms with Crippen molar-refractivity contribution in [2.75, 3.05) is 14.2 Å². The maximum atomic E-state index is 12.8. The fourth-order valence-corrected chi connectivity index (χ4v) is 2.84. The second-order valence-electron chi connectivity index (χ2n) is 7.70. The summed E-state index contributed by atoms with van der Waals surface area (Å²) in [6.07, 6.45) is 2.14. The molecule has 1 aliphatic heterocycles. The first-order chi connectivity index (χ1) is 11.2.